The number of hydrogen-bond acceptors (Lipinski definition) is 2. The second-order valence-electron chi connectivity index (χ2n) is 6.85. The lowest BCUT2D eigenvalue weighted by atomic mass is 9.76. The maximum absolute atomic E-state index is 10.4. The van der Waals surface area contributed by atoms with Crippen LogP contribution in [0.1, 0.15) is 47.0 Å². The normalized spacial score (nSPS) is 49.2. The first-order valence-electron chi connectivity index (χ1n) is 7.41. The smallest absolute Gasteiger partial charge is 0.0700 e. The minimum absolute atomic E-state index is 0.102. The topological polar surface area (TPSA) is 23.5 Å². The maximum Gasteiger partial charge on any atom is 0.0700 e. The number of likely N-dealkylation sites (tertiary alicyclic amines) is 1. The Labute approximate surface area is 106 Å². The van der Waals surface area contributed by atoms with Crippen LogP contribution in [0.2, 0.25) is 0 Å². The highest BCUT2D eigenvalue weighted by molar-refractivity contribution is 4.92. The van der Waals surface area contributed by atoms with Crippen molar-refractivity contribution in [3.8, 4) is 0 Å². The zero-order valence-corrected chi connectivity index (χ0v) is 11.9. The molecule has 2 heteroatoms. The molecular formula is C15H29NO. The number of nitrogens with zero attached hydrogens (tertiary/aromatic N) is 1. The van der Waals surface area contributed by atoms with Crippen LogP contribution in [0.25, 0.3) is 0 Å². The summed E-state index contributed by atoms with van der Waals surface area (Å²) < 4.78 is 0. The molecule has 2 aliphatic rings. The molecule has 1 heterocycles. The monoisotopic (exact) mass is 239 g/mol. The van der Waals surface area contributed by atoms with Crippen LogP contribution < -0.4 is 0 Å². The molecule has 0 aromatic heterocycles. The van der Waals surface area contributed by atoms with Crippen LogP contribution in [-0.2, 0) is 0 Å². The summed E-state index contributed by atoms with van der Waals surface area (Å²) in [6.07, 6.45) is 3.47. The molecule has 1 saturated heterocycles. The lowest BCUT2D eigenvalue weighted by Crippen LogP contribution is -2.55. The molecule has 2 rings (SSSR count). The van der Waals surface area contributed by atoms with Crippen LogP contribution in [0.4, 0.5) is 0 Å². The van der Waals surface area contributed by atoms with Crippen molar-refractivity contribution in [2.24, 2.45) is 23.7 Å². The summed E-state index contributed by atoms with van der Waals surface area (Å²) in [7, 11) is 0. The first-order valence-corrected chi connectivity index (χ1v) is 7.41. The fourth-order valence-corrected chi connectivity index (χ4v) is 3.97. The van der Waals surface area contributed by atoms with Gasteiger partial charge in [0, 0.05) is 12.6 Å². The summed E-state index contributed by atoms with van der Waals surface area (Å²) >= 11 is 0. The Kier molecular flexibility index (Phi) is 4.14. The van der Waals surface area contributed by atoms with Crippen molar-refractivity contribution < 1.29 is 5.11 Å². The number of aliphatic hydroxyl groups excluding tert-OH is 1. The molecule has 1 aliphatic heterocycles. The zero-order valence-electron chi connectivity index (χ0n) is 11.9. The van der Waals surface area contributed by atoms with Crippen LogP contribution in [-0.4, -0.2) is 35.2 Å². The Bertz CT molecular complexity index is 243. The summed E-state index contributed by atoms with van der Waals surface area (Å²) in [5, 5.41) is 10.4. The van der Waals surface area contributed by atoms with Gasteiger partial charge >= 0.3 is 0 Å². The number of hydrogen-bond donors (Lipinski definition) is 1. The average molecular weight is 239 g/mol. The van der Waals surface area contributed by atoms with E-state index in [-0.39, 0.29) is 6.10 Å². The maximum atomic E-state index is 10.4. The van der Waals surface area contributed by atoms with Crippen molar-refractivity contribution in [3.05, 3.63) is 0 Å². The van der Waals surface area contributed by atoms with Gasteiger partial charge in [-0.25, -0.2) is 0 Å². The molecule has 100 valence electrons. The van der Waals surface area contributed by atoms with Crippen molar-refractivity contribution >= 4 is 0 Å². The zero-order chi connectivity index (χ0) is 12.6. The van der Waals surface area contributed by atoms with Crippen molar-refractivity contribution in [2.75, 3.05) is 13.1 Å². The fourth-order valence-electron chi connectivity index (χ4n) is 3.97. The lowest BCUT2D eigenvalue weighted by molar-refractivity contribution is -0.0448. The molecule has 0 radical (unpaired) electrons. The van der Waals surface area contributed by atoms with Crippen molar-refractivity contribution in [2.45, 2.75) is 59.1 Å². The number of rotatable bonds is 1. The summed E-state index contributed by atoms with van der Waals surface area (Å²) in [6.45, 7) is 11.7. The predicted molar refractivity (Wildman–Crippen MR) is 71.9 cm³/mol. The van der Waals surface area contributed by atoms with Gasteiger partial charge in [-0.1, -0.05) is 27.7 Å². The Hall–Kier alpha value is -0.0800. The van der Waals surface area contributed by atoms with E-state index in [1.165, 1.54) is 25.9 Å². The molecule has 1 N–H and O–H groups in total. The Morgan fingerprint density at radius 3 is 2.24 bits per heavy atom. The quantitative estimate of drug-likeness (QED) is 0.760. The molecule has 17 heavy (non-hydrogen) atoms. The van der Waals surface area contributed by atoms with Gasteiger partial charge in [0.05, 0.1) is 6.10 Å². The summed E-state index contributed by atoms with van der Waals surface area (Å²) in [5.41, 5.74) is 0. The van der Waals surface area contributed by atoms with E-state index in [9.17, 15) is 5.11 Å². The third-order valence-electron chi connectivity index (χ3n) is 5.18. The molecule has 0 bridgehead atoms. The number of aliphatic hydroxyl groups is 1. The fraction of sp³-hybridized carbons (Fsp3) is 1.00. The highest BCUT2D eigenvalue weighted by Crippen LogP contribution is 2.35. The highest BCUT2D eigenvalue weighted by atomic mass is 16.3. The van der Waals surface area contributed by atoms with Gasteiger partial charge in [0.2, 0.25) is 0 Å². The van der Waals surface area contributed by atoms with Gasteiger partial charge in [-0.05, 0) is 49.5 Å². The molecule has 6 unspecified atom stereocenters. The van der Waals surface area contributed by atoms with E-state index in [1.807, 2.05) is 0 Å². The third kappa shape index (κ3) is 2.85. The highest BCUT2D eigenvalue weighted by Gasteiger charge is 2.38. The molecular weight excluding hydrogens is 210 g/mol. The second kappa shape index (κ2) is 5.27. The molecule has 0 amide bonds. The van der Waals surface area contributed by atoms with E-state index in [1.54, 1.807) is 0 Å². The summed E-state index contributed by atoms with van der Waals surface area (Å²) in [4.78, 5) is 2.58. The molecule has 0 aromatic carbocycles. The van der Waals surface area contributed by atoms with Crippen LogP contribution >= 0.6 is 0 Å². The largest absolute Gasteiger partial charge is 0.391 e. The van der Waals surface area contributed by atoms with Crippen molar-refractivity contribution in [3.63, 3.8) is 0 Å². The molecule has 2 fully saturated rings. The van der Waals surface area contributed by atoms with Crippen LogP contribution in [0.15, 0.2) is 0 Å². The standard InChI is InChI=1S/C15H29NO/c1-10-7-12(3)15(14(17)8-10)16-6-5-11(2)13(4)9-16/h10-15,17H,5-9H2,1-4H3. The van der Waals surface area contributed by atoms with E-state index < -0.39 is 0 Å². The minimum Gasteiger partial charge on any atom is -0.391 e. The molecule has 0 aromatic rings. The third-order valence-corrected chi connectivity index (χ3v) is 5.18. The van der Waals surface area contributed by atoms with Crippen LogP contribution in [0.3, 0.4) is 0 Å². The van der Waals surface area contributed by atoms with Crippen molar-refractivity contribution in [1.29, 1.82) is 0 Å². The minimum atomic E-state index is -0.102. The van der Waals surface area contributed by atoms with Crippen LogP contribution in [0, 0.1) is 23.7 Å². The molecule has 1 aliphatic carbocycles. The Morgan fingerprint density at radius 1 is 0.941 bits per heavy atom. The molecule has 0 spiro atoms. The SMILES string of the molecule is CC1CC(C)C(N2CCC(C)C(C)C2)C(O)C1. The van der Waals surface area contributed by atoms with Gasteiger partial charge in [-0.15, -0.1) is 0 Å². The van der Waals surface area contributed by atoms with E-state index in [0.29, 0.717) is 17.9 Å². The summed E-state index contributed by atoms with van der Waals surface area (Å²) in [5.74, 6) is 2.97. The first kappa shape index (κ1) is 13.4. The van der Waals surface area contributed by atoms with Gasteiger partial charge in [0.15, 0.2) is 0 Å². The number of piperidine rings is 1. The van der Waals surface area contributed by atoms with Gasteiger partial charge in [-0.3, -0.25) is 4.90 Å². The van der Waals surface area contributed by atoms with Gasteiger partial charge < -0.3 is 5.11 Å². The van der Waals surface area contributed by atoms with E-state index in [2.05, 4.69) is 32.6 Å². The Morgan fingerprint density at radius 2 is 1.65 bits per heavy atom. The molecule has 1 saturated carbocycles. The predicted octanol–water partition coefficient (Wildman–Crippen LogP) is 2.76. The van der Waals surface area contributed by atoms with Gasteiger partial charge in [0.1, 0.15) is 0 Å². The van der Waals surface area contributed by atoms with E-state index in [0.717, 1.165) is 18.3 Å². The van der Waals surface area contributed by atoms with E-state index >= 15 is 0 Å². The second-order valence-corrected chi connectivity index (χ2v) is 6.85. The van der Waals surface area contributed by atoms with E-state index in [4.69, 9.17) is 0 Å². The average Bonchev–Trinajstić information content (AvgIpc) is 2.21. The van der Waals surface area contributed by atoms with Gasteiger partial charge in [-0.2, -0.15) is 0 Å². The first-order chi connectivity index (χ1) is 7.99. The van der Waals surface area contributed by atoms with Crippen molar-refractivity contribution in [1.82, 2.24) is 4.90 Å². The molecule has 6 atom stereocenters. The Balaban J connectivity index is 2.01. The summed E-state index contributed by atoms with van der Waals surface area (Å²) in [6, 6.07) is 0.418. The molecule has 2 nitrogen and oxygen atoms in total. The van der Waals surface area contributed by atoms with Crippen LogP contribution in [0.5, 0.6) is 0 Å². The van der Waals surface area contributed by atoms with Gasteiger partial charge in [0.25, 0.3) is 0 Å². The lowest BCUT2D eigenvalue weighted by Gasteiger charge is -2.47.